The van der Waals surface area contributed by atoms with Crippen molar-refractivity contribution in [1.29, 1.82) is 0 Å². The van der Waals surface area contributed by atoms with Crippen molar-refractivity contribution < 1.29 is 0 Å². The molecule has 0 saturated carbocycles. The molecule has 2 heterocycles. The van der Waals surface area contributed by atoms with Crippen LogP contribution in [0.3, 0.4) is 0 Å². The van der Waals surface area contributed by atoms with Gasteiger partial charge in [-0.2, -0.15) is 0 Å². The van der Waals surface area contributed by atoms with E-state index in [-0.39, 0.29) is 11.2 Å². The van der Waals surface area contributed by atoms with Gasteiger partial charge in [0.15, 0.2) is 11.2 Å². The molecule has 21 heavy (non-hydrogen) atoms. The third kappa shape index (κ3) is 2.78. The van der Waals surface area contributed by atoms with Crippen molar-refractivity contribution >= 4 is 11.2 Å². The van der Waals surface area contributed by atoms with E-state index in [4.69, 9.17) is 5.73 Å². The van der Waals surface area contributed by atoms with Crippen LogP contribution in [-0.4, -0.2) is 25.2 Å². The summed E-state index contributed by atoms with van der Waals surface area (Å²) in [6.45, 7) is 6.06. The second-order valence-corrected chi connectivity index (χ2v) is 5.09. The number of nitrogens with zero attached hydrogens (tertiary/aromatic N) is 4. The Kier molecular flexibility index (Phi) is 4.95. The van der Waals surface area contributed by atoms with Gasteiger partial charge in [-0.15, -0.1) is 0 Å². The molecule has 116 valence electrons. The highest BCUT2D eigenvalue weighted by Crippen LogP contribution is 2.08. The fourth-order valence-corrected chi connectivity index (χ4v) is 2.54. The molecule has 0 aliphatic rings. The lowest BCUT2D eigenvalue weighted by Gasteiger charge is -2.10. The predicted octanol–water partition coefficient (Wildman–Crippen LogP) is 0.528. The summed E-state index contributed by atoms with van der Waals surface area (Å²) in [5.41, 5.74) is 5.98. The van der Waals surface area contributed by atoms with E-state index in [1.54, 1.807) is 17.8 Å². The average Bonchev–Trinajstić information content (AvgIpc) is 2.88. The van der Waals surface area contributed by atoms with E-state index in [9.17, 15) is 9.59 Å². The summed E-state index contributed by atoms with van der Waals surface area (Å²) in [6.07, 6.45) is 4.25. The number of unbranched alkanes of at least 4 members (excludes halogenated alkanes) is 1. The molecule has 2 N–H and O–H groups in total. The van der Waals surface area contributed by atoms with Crippen molar-refractivity contribution in [3.05, 3.63) is 27.2 Å². The lowest BCUT2D eigenvalue weighted by Crippen LogP contribution is -2.40. The molecular weight excluding hydrogens is 270 g/mol. The van der Waals surface area contributed by atoms with Crippen molar-refractivity contribution in [2.24, 2.45) is 5.73 Å². The zero-order chi connectivity index (χ0) is 15.4. The van der Waals surface area contributed by atoms with Crippen LogP contribution < -0.4 is 17.0 Å². The van der Waals surface area contributed by atoms with Crippen LogP contribution in [0.1, 0.15) is 33.1 Å². The largest absolute Gasteiger partial charge is 0.332 e. The molecule has 2 aromatic heterocycles. The van der Waals surface area contributed by atoms with Gasteiger partial charge in [0, 0.05) is 19.6 Å². The maximum atomic E-state index is 12.5. The Morgan fingerprint density at radius 3 is 2.52 bits per heavy atom. The Morgan fingerprint density at radius 1 is 1.14 bits per heavy atom. The molecule has 7 nitrogen and oxygen atoms in total. The minimum absolute atomic E-state index is 0.255. The molecule has 0 aliphatic heterocycles. The van der Waals surface area contributed by atoms with Crippen molar-refractivity contribution in [1.82, 2.24) is 18.7 Å². The summed E-state index contributed by atoms with van der Waals surface area (Å²) in [4.78, 5) is 29.2. The summed E-state index contributed by atoms with van der Waals surface area (Å²) >= 11 is 0. The summed E-state index contributed by atoms with van der Waals surface area (Å²) in [5, 5.41) is 0. The quantitative estimate of drug-likeness (QED) is 0.754. The van der Waals surface area contributed by atoms with E-state index >= 15 is 0 Å². The molecule has 2 aromatic rings. The standard InChI is InChI=1S/C14H23N5O2/c1-3-8-19-12-11(13(20)18(4-2)14(19)21)17(10-16-12)9-6-5-7-15/h10H,3-9,15H2,1-2H3. The van der Waals surface area contributed by atoms with E-state index < -0.39 is 0 Å². The van der Waals surface area contributed by atoms with Crippen LogP contribution in [0, 0.1) is 0 Å². The second-order valence-electron chi connectivity index (χ2n) is 5.09. The Hall–Kier alpha value is -1.89. The zero-order valence-electron chi connectivity index (χ0n) is 12.7. The topological polar surface area (TPSA) is 87.8 Å². The van der Waals surface area contributed by atoms with Gasteiger partial charge < -0.3 is 10.3 Å². The number of hydrogen-bond donors (Lipinski definition) is 1. The SMILES string of the molecule is CCCn1c(=O)n(CC)c(=O)c2c1ncn2CCCCN. The van der Waals surface area contributed by atoms with Crippen molar-refractivity contribution in [3.8, 4) is 0 Å². The van der Waals surface area contributed by atoms with Crippen molar-refractivity contribution in [2.45, 2.75) is 52.7 Å². The fourth-order valence-electron chi connectivity index (χ4n) is 2.54. The molecule has 0 radical (unpaired) electrons. The maximum absolute atomic E-state index is 12.5. The van der Waals surface area contributed by atoms with Gasteiger partial charge in [0.1, 0.15) is 0 Å². The highest BCUT2D eigenvalue weighted by molar-refractivity contribution is 5.70. The first-order valence-electron chi connectivity index (χ1n) is 7.54. The highest BCUT2D eigenvalue weighted by atomic mass is 16.2. The molecule has 7 heteroatoms. The van der Waals surface area contributed by atoms with E-state index in [0.717, 1.165) is 19.3 Å². The van der Waals surface area contributed by atoms with E-state index in [1.807, 2.05) is 11.5 Å². The molecule has 0 bridgehead atoms. The Bertz CT molecular complexity index is 725. The molecule has 0 unspecified atom stereocenters. The molecule has 0 aliphatic carbocycles. The fraction of sp³-hybridized carbons (Fsp3) is 0.643. The number of aryl methyl sites for hydroxylation is 2. The molecule has 0 amide bonds. The molecule has 0 atom stereocenters. The number of fused-ring (bicyclic) bond motifs is 1. The molecule has 0 aromatic carbocycles. The van der Waals surface area contributed by atoms with E-state index in [1.165, 1.54) is 4.57 Å². The lowest BCUT2D eigenvalue weighted by atomic mass is 10.3. The Labute approximate surface area is 123 Å². The zero-order valence-corrected chi connectivity index (χ0v) is 12.7. The third-order valence-corrected chi connectivity index (χ3v) is 3.60. The van der Waals surface area contributed by atoms with Crippen LogP contribution in [-0.2, 0) is 19.6 Å². The van der Waals surface area contributed by atoms with Gasteiger partial charge in [-0.1, -0.05) is 6.92 Å². The smallest absolute Gasteiger partial charge is 0.330 e. The molecular formula is C14H23N5O2. The van der Waals surface area contributed by atoms with Gasteiger partial charge in [-0.25, -0.2) is 9.78 Å². The first kappa shape index (κ1) is 15.5. The molecule has 0 saturated heterocycles. The van der Waals surface area contributed by atoms with Gasteiger partial charge in [-0.05, 0) is 32.7 Å². The van der Waals surface area contributed by atoms with Gasteiger partial charge >= 0.3 is 5.69 Å². The average molecular weight is 293 g/mol. The highest BCUT2D eigenvalue weighted by Gasteiger charge is 2.16. The molecule has 0 fully saturated rings. The number of imidazole rings is 1. The van der Waals surface area contributed by atoms with Gasteiger partial charge in [-0.3, -0.25) is 13.9 Å². The summed E-state index contributed by atoms with van der Waals surface area (Å²) in [5.74, 6) is 0. The van der Waals surface area contributed by atoms with Crippen molar-refractivity contribution in [2.75, 3.05) is 6.54 Å². The van der Waals surface area contributed by atoms with E-state index in [2.05, 4.69) is 4.98 Å². The lowest BCUT2D eigenvalue weighted by molar-refractivity contribution is 0.574. The second kappa shape index (κ2) is 6.71. The van der Waals surface area contributed by atoms with Crippen LogP contribution >= 0.6 is 0 Å². The minimum Gasteiger partial charge on any atom is -0.330 e. The Balaban J connectivity index is 2.63. The number of rotatable bonds is 7. The van der Waals surface area contributed by atoms with Crippen LogP contribution in [0.25, 0.3) is 11.2 Å². The first-order valence-corrected chi connectivity index (χ1v) is 7.54. The monoisotopic (exact) mass is 293 g/mol. The Morgan fingerprint density at radius 2 is 1.90 bits per heavy atom. The van der Waals surface area contributed by atoms with Crippen LogP contribution in [0.15, 0.2) is 15.9 Å². The maximum Gasteiger partial charge on any atom is 0.332 e. The minimum atomic E-state index is -0.274. The summed E-state index contributed by atoms with van der Waals surface area (Å²) in [7, 11) is 0. The van der Waals surface area contributed by atoms with Crippen molar-refractivity contribution in [3.63, 3.8) is 0 Å². The van der Waals surface area contributed by atoms with Gasteiger partial charge in [0.2, 0.25) is 0 Å². The van der Waals surface area contributed by atoms with Crippen LogP contribution in [0.2, 0.25) is 0 Å². The first-order chi connectivity index (χ1) is 10.2. The van der Waals surface area contributed by atoms with Crippen LogP contribution in [0.5, 0.6) is 0 Å². The summed E-state index contributed by atoms with van der Waals surface area (Å²) in [6, 6.07) is 0. The normalized spacial score (nSPS) is 11.4. The van der Waals surface area contributed by atoms with Gasteiger partial charge in [0.05, 0.1) is 6.33 Å². The number of aromatic nitrogens is 4. The van der Waals surface area contributed by atoms with Gasteiger partial charge in [0.25, 0.3) is 5.56 Å². The number of hydrogen-bond acceptors (Lipinski definition) is 4. The third-order valence-electron chi connectivity index (χ3n) is 3.60. The van der Waals surface area contributed by atoms with Crippen LogP contribution in [0.4, 0.5) is 0 Å². The van der Waals surface area contributed by atoms with E-state index in [0.29, 0.717) is 37.3 Å². The predicted molar refractivity (Wildman–Crippen MR) is 82.5 cm³/mol. The number of nitrogens with two attached hydrogens (primary N) is 1. The molecule has 2 rings (SSSR count). The molecule has 0 spiro atoms. The summed E-state index contributed by atoms with van der Waals surface area (Å²) < 4.78 is 4.71.